The maximum Gasteiger partial charge on any atom is 0.323 e. The third-order valence-corrected chi connectivity index (χ3v) is 3.69. The summed E-state index contributed by atoms with van der Waals surface area (Å²) < 4.78 is 4.73. The van der Waals surface area contributed by atoms with Crippen molar-refractivity contribution in [1.29, 1.82) is 0 Å². The molecule has 0 bridgehead atoms. The molecule has 2 N–H and O–H groups in total. The van der Waals surface area contributed by atoms with Gasteiger partial charge in [0.05, 0.1) is 19.3 Å². The van der Waals surface area contributed by atoms with E-state index in [0.717, 1.165) is 6.42 Å². The van der Waals surface area contributed by atoms with Gasteiger partial charge >= 0.3 is 5.97 Å². The first-order valence-corrected chi connectivity index (χ1v) is 7.16. The van der Waals surface area contributed by atoms with E-state index in [0.29, 0.717) is 25.4 Å². The van der Waals surface area contributed by atoms with Crippen molar-refractivity contribution in [3.63, 3.8) is 0 Å². The van der Waals surface area contributed by atoms with Crippen molar-refractivity contribution < 1.29 is 19.4 Å². The Labute approximate surface area is 120 Å². The number of aliphatic hydroxyl groups excluding tert-OH is 1. The molecule has 1 saturated heterocycles. The monoisotopic (exact) mass is 286 g/mol. The third kappa shape index (κ3) is 4.45. The van der Waals surface area contributed by atoms with Crippen LogP contribution in [0.5, 0.6) is 0 Å². The molecule has 1 aliphatic rings. The maximum absolute atomic E-state index is 12.1. The number of nitrogens with zero attached hydrogens (tertiary/aromatic N) is 1. The van der Waals surface area contributed by atoms with Gasteiger partial charge in [-0.25, -0.2) is 0 Å². The van der Waals surface area contributed by atoms with E-state index in [-0.39, 0.29) is 5.91 Å². The van der Waals surface area contributed by atoms with Gasteiger partial charge < -0.3 is 15.2 Å². The zero-order chi connectivity index (χ0) is 15.3. The van der Waals surface area contributed by atoms with Crippen LogP contribution in [-0.2, 0) is 14.3 Å². The Morgan fingerprint density at radius 2 is 2.05 bits per heavy atom. The van der Waals surface area contributed by atoms with Gasteiger partial charge in [0.15, 0.2) is 0 Å². The minimum absolute atomic E-state index is 0.117. The number of rotatable bonds is 6. The number of amides is 1. The summed E-state index contributed by atoms with van der Waals surface area (Å²) in [4.78, 5) is 25.5. The van der Waals surface area contributed by atoms with Crippen LogP contribution < -0.4 is 5.32 Å². The number of hydrogen-bond donors (Lipinski definition) is 2. The molecule has 3 atom stereocenters. The molecule has 0 aromatic rings. The maximum atomic E-state index is 12.1. The van der Waals surface area contributed by atoms with Gasteiger partial charge in [0.25, 0.3) is 0 Å². The molecule has 1 fully saturated rings. The quantitative estimate of drug-likeness (QED) is 0.679. The zero-order valence-electron chi connectivity index (χ0n) is 12.8. The van der Waals surface area contributed by atoms with E-state index in [4.69, 9.17) is 4.74 Å². The molecular weight excluding hydrogens is 260 g/mol. The molecule has 1 amide bonds. The van der Waals surface area contributed by atoms with Crippen LogP contribution in [0.3, 0.4) is 0 Å². The Balaban J connectivity index is 2.57. The Morgan fingerprint density at radius 1 is 1.40 bits per heavy atom. The molecule has 1 aliphatic heterocycles. The van der Waals surface area contributed by atoms with Gasteiger partial charge in [0, 0.05) is 19.5 Å². The van der Waals surface area contributed by atoms with E-state index in [2.05, 4.69) is 19.2 Å². The first-order chi connectivity index (χ1) is 9.36. The van der Waals surface area contributed by atoms with Crippen LogP contribution in [0.2, 0.25) is 0 Å². The Hall–Kier alpha value is -1.14. The number of aliphatic hydroxyl groups is 1. The van der Waals surface area contributed by atoms with Crippen molar-refractivity contribution in [1.82, 2.24) is 10.2 Å². The van der Waals surface area contributed by atoms with Gasteiger partial charge in [-0.15, -0.1) is 0 Å². The van der Waals surface area contributed by atoms with Crippen LogP contribution in [-0.4, -0.2) is 60.3 Å². The summed E-state index contributed by atoms with van der Waals surface area (Å²) in [6.07, 6.45) is 0.641. The number of carbonyl (C=O) groups is 2. The number of esters is 1. The van der Waals surface area contributed by atoms with Crippen molar-refractivity contribution in [2.45, 2.75) is 51.8 Å². The summed E-state index contributed by atoms with van der Waals surface area (Å²) >= 11 is 0. The molecule has 0 spiro atoms. The highest BCUT2D eigenvalue weighted by atomic mass is 16.5. The van der Waals surface area contributed by atoms with Crippen molar-refractivity contribution in [3.8, 4) is 0 Å². The van der Waals surface area contributed by atoms with Crippen molar-refractivity contribution in [2.75, 3.05) is 20.2 Å². The van der Waals surface area contributed by atoms with Crippen LogP contribution in [0.1, 0.15) is 33.6 Å². The fourth-order valence-electron chi connectivity index (χ4n) is 2.42. The van der Waals surface area contributed by atoms with Crippen molar-refractivity contribution >= 4 is 11.9 Å². The summed E-state index contributed by atoms with van der Waals surface area (Å²) in [5.74, 6) is 0.0130. The van der Waals surface area contributed by atoms with Crippen LogP contribution in [0.4, 0.5) is 0 Å². The second-order valence-electron chi connectivity index (χ2n) is 5.77. The molecule has 0 aromatic heterocycles. The molecule has 6 nitrogen and oxygen atoms in total. The zero-order valence-corrected chi connectivity index (χ0v) is 12.8. The summed E-state index contributed by atoms with van der Waals surface area (Å²) in [5.41, 5.74) is 0. The summed E-state index contributed by atoms with van der Waals surface area (Å²) in [6.45, 7) is 6.89. The molecule has 0 aliphatic carbocycles. The van der Waals surface area contributed by atoms with E-state index in [1.807, 2.05) is 0 Å². The number of carbonyl (C=O) groups excluding carboxylic acids is 2. The van der Waals surface area contributed by atoms with Gasteiger partial charge in [0.1, 0.15) is 6.04 Å². The summed E-state index contributed by atoms with van der Waals surface area (Å²) in [7, 11) is 1.32. The van der Waals surface area contributed by atoms with Crippen LogP contribution >= 0.6 is 0 Å². The predicted molar refractivity (Wildman–Crippen MR) is 75.1 cm³/mol. The average molecular weight is 286 g/mol. The second-order valence-corrected chi connectivity index (χ2v) is 5.77. The first kappa shape index (κ1) is 16.9. The number of β-amino-alcohol motifs (C(OH)–C–C–N with tert-alkyl or cyclic N) is 1. The molecule has 0 saturated carbocycles. The number of methoxy groups -OCH3 is 1. The molecule has 1 heterocycles. The van der Waals surface area contributed by atoms with Gasteiger partial charge in [-0.3, -0.25) is 14.5 Å². The largest absolute Gasteiger partial charge is 0.468 e. The standard InChI is InChI=1S/C14H26N2O4/c1-9(2)5-6-15-13(18)10(3)16-8-11(17)7-12(16)14(19)20-4/h9-12,17H,5-8H2,1-4H3,(H,15,18). The van der Waals surface area contributed by atoms with E-state index >= 15 is 0 Å². The summed E-state index contributed by atoms with van der Waals surface area (Å²) in [6, 6.07) is -0.996. The highest BCUT2D eigenvalue weighted by molar-refractivity contribution is 5.83. The smallest absolute Gasteiger partial charge is 0.323 e. The Morgan fingerprint density at radius 3 is 2.60 bits per heavy atom. The fourth-order valence-corrected chi connectivity index (χ4v) is 2.42. The average Bonchev–Trinajstić information content (AvgIpc) is 2.78. The molecule has 6 heteroatoms. The highest BCUT2D eigenvalue weighted by Gasteiger charge is 2.41. The van der Waals surface area contributed by atoms with Gasteiger partial charge in [-0.1, -0.05) is 13.8 Å². The normalized spacial score (nSPS) is 24.7. The van der Waals surface area contributed by atoms with E-state index in [1.54, 1.807) is 11.8 Å². The van der Waals surface area contributed by atoms with Crippen molar-refractivity contribution in [3.05, 3.63) is 0 Å². The second kappa shape index (κ2) is 7.59. The predicted octanol–water partition coefficient (Wildman–Crippen LogP) is 0.145. The Bertz CT molecular complexity index is 346. The number of ether oxygens (including phenoxy) is 1. The lowest BCUT2D eigenvalue weighted by Gasteiger charge is -2.27. The lowest BCUT2D eigenvalue weighted by molar-refractivity contribution is -0.147. The molecule has 116 valence electrons. The lowest BCUT2D eigenvalue weighted by atomic mass is 10.1. The van der Waals surface area contributed by atoms with E-state index in [1.165, 1.54) is 7.11 Å². The minimum Gasteiger partial charge on any atom is -0.468 e. The van der Waals surface area contributed by atoms with Gasteiger partial charge in [-0.05, 0) is 19.3 Å². The molecule has 0 aromatic carbocycles. The van der Waals surface area contributed by atoms with E-state index < -0.39 is 24.2 Å². The molecule has 3 unspecified atom stereocenters. The van der Waals surface area contributed by atoms with Crippen LogP contribution in [0, 0.1) is 5.92 Å². The van der Waals surface area contributed by atoms with Crippen molar-refractivity contribution in [2.24, 2.45) is 5.92 Å². The number of hydrogen-bond acceptors (Lipinski definition) is 5. The van der Waals surface area contributed by atoms with Gasteiger partial charge in [-0.2, -0.15) is 0 Å². The number of likely N-dealkylation sites (tertiary alicyclic amines) is 1. The summed E-state index contributed by atoms with van der Waals surface area (Å²) in [5, 5.41) is 12.6. The molecular formula is C14H26N2O4. The SMILES string of the molecule is COC(=O)C1CC(O)CN1C(C)C(=O)NCCC(C)C. The highest BCUT2D eigenvalue weighted by Crippen LogP contribution is 2.21. The first-order valence-electron chi connectivity index (χ1n) is 7.16. The fraction of sp³-hybridized carbons (Fsp3) is 0.857. The van der Waals surface area contributed by atoms with Crippen LogP contribution in [0.15, 0.2) is 0 Å². The third-order valence-electron chi connectivity index (χ3n) is 3.69. The lowest BCUT2D eigenvalue weighted by Crippen LogP contribution is -2.50. The van der Waals surface area contributed by atoms with Gasteiger partial charge in [0.2, 0.25) is 5.91 Å². The van der Waals surface area contributed by atoms with E-state index in [9.17, 15) is 14.7 Å². The molecule has 1 rings (SSSR count). The topological polar surface area (TPSA) is 78.9 Å². The minimum atomic E-state index is -0.593. The molecule has 0 radical (unpaired) electrons. The molecule has 20 heavy (non-hydrogen) atoms. The Kier molecular flexibility index (Phi) is 6.42. The number of nitrogens with one attached hydrogen (secondary N) is 1. The van der Waals surface area contributed by atoms with Crippen LogP contribution in [0.25, 0.3) is 0 Å².